The Labute approximate surface area is 169 Å². The molecule has 7 heteroatoms. The Morgan fingerprint density at radius 3 is 2.54 bits per heavy atom. The third kappa shape index (κ3) is 4.09. The molecule has 148 valence electrons. The molecular weight excluding hydrogens is 374 g/mol. The molecule has 0 bridgehead atoms. The molecule has 0 spiro atoms. The molecular formula is C21H25N3O3S. The van der Waals surface area contributed by atoms with Crippen LogP contribution in [0, 0.1) is 0 Å². The van der Waals surface area contributed by atoms with E-state index in [1.165, 1.54) is 18.2 Å². The lowest BCUT2D eigenvalue weighted by atomic mass is 9.98. The van der Waals surface area contributed by atoms with E-state index in [4.69, 9.17) is 9.47 Å². The van der Waals surface area contributed by atoms with Gasteiger partial charge in [-0.25, -0.2) is 0 Å². The Bertz CT molecular complexity index is 833. The summed E-state index contributed by atoms with van der Waals surface area (Å²) >= 11 is 1.44. The van der Waals surface area contributed by atoms with Gasteiger partial charge in [0.2, 0.25) is 5.91 Å². The first-order chi connectivity index (χ1) is 13.6. The minimum atomic E-state index is 0.183. The number of likely N-dealkylation sites (tertiary alicyclic amines) is 1. The summed E-state index contributed by atoms with van der Waals surface area (Å²) in [7, 11) is 0. The van der Waals surface area contributed by atoms with Crippen LogP contribution in [0.2, 0.25) is 0 Å². The second-order valence-corrected chi connectivity index (χ2v) is 8.33. The SMILES string of the molecule is C[C@@H]1CCC[C@@H](C)N1C(=O)CSc1ccc(-c2ccc3c(c2)OCCO3)nn1. The van der Waals surface area contributed by atoms with Crippen LogP contribution in [0.3, 0.4) is 0 Å². The standard InChI is InChI=1S/C21H25N3O3S/c1-14-4-3-5-15(2)24(14)21(25)13-28-20-9-7-17(22-23-20)16-6-8-18-19(12-16)27-11-10-26-18/h6-9,12,14-15H,3-5,10-11,13H2,1-2H3/t14-,15-/m1/s1. The number of benzene rings is 1. The van der Waals surface area contributed by atoms with Gasteiger partial charge >= 0.3 is 0 Å². The summed E-state index contributed by atoms with van der Waals surface area (Å²) < 4.78 is 11.2. The van der Waals surface area contributed by atoms with Gasteiger partial charge in [-0.05, 0) is 63.4 Å². The van der Waals surface area contributed by atoms with E-state index in [0.29, 0.717) is 31.1 Å². The van der Waals surface area contributed by atoms with Crippen LogP contribution in [-0.2, 0) is 4.79 Å². The molecule has 0 aliphatic carbocycles. The smallest absolute Gasteiger partial charge is 0.233 e. The Kier molecular flexibility index (Phi) is 5.71. The quantitative estimate of drug-likeness (QED) is 0.729. The van der Waals surface area contributed by atoms with Gasteiger partial charge in [-0.3, -0.25) is 4.79 Å². The molecule has 1 amide bonds. The summed E-state index contributed by atoms with van der Waals surface area (Å²) in [6.07, 6.45) is 3.38. The molecule has 2 aromatic rings. The van der Waals surface area contributed by atoms with Gasteiger partial charge in [0.05, 0.1) is 11.4 Å². The molecule has 28 heavy (non-hydrogen) atoms. The monoisotopic (exact) mass is 399 g/mol. The minimum absolute atomic E-state index is 0.183. The Hall–Kier alpha value is -2.28. The second-order valence-electron chi connectivity index (χ2n) is 7.33. The summed E-state index contributed by atoms with van der Waals surface area (Å²) in [4.78, 5) is 14.7. The Morgan fingerprint density at radius 1 is 1.07 bits per heavy atom. The van der Waals surface area contributed by atoms with Crippen molar-refractivity contribution in [2.45, 2.75) is 50.2 Å². The first-order valence-electron chi connectivity index (χ1n) is 9.79. The van der Waals surface area contributed by atoms with E-state index in [0.717, 1.165) is 40.6 Å². The van der Waals surface area contributed by atoms with E-state index in [-0.39, 0.29) is 5.91 Å². The van der Waals surface area contributed by atoms with Crippen molar-refractivity contribution in [2.24, 2.45) is 0 Å². The largest absolute Gasteiger partial charge is 0.486 e. The maximum Gasteiger partial charge on any atom is 0.233 e. The van der Waals surface area contributed by atoms with E-state index >= 15 is 0 Å². The average Bonchev–Trinajstić information content (AvgIpc) is 2.72. The molecule has 1 aromatic carbocycles. The van der Waals surface area contributed by atoms with Crippen molar-refractivity contribution in [1.29, 1.82) is 0 Å². The van der Waals surface area contributed by atoms with Gasteiger partial charge in [-0.2, -0.15) is 0 Å². The number of carbonyl (C=O) groups excluding carboxylic acids is 1. The summed E-state index contributed by atoms with van der Waals surface area (Å²) in [6, 6.07) is 10.3. The van der Waals surface area contributed by atoms with Gasteiger partial charge < -0.3 is 14.4 Å². The highest BCUT2D eigenvalue weighted by Gasteiger charge is 2.28. The fourth-order valence-electron chi connectivity index (χ4n) is 3.88. The number of fused-ring (bicyclic) bond motifs is 1. The predicted molar refractivity (Wildman–Crippen MR) is 109 cm³/mol. The molecule has 0 N–H and O–H groups in total. The van der Waals surface area contributed by atoms with Gasteiger partial charge in [0, 0.05) is 17.6 Å². The maximum atomic E-state index is 12.6. The fourth-order valence-corrected chi connectivity index (χ4v) is 4.56. The first kappa shape index (κ1) is 19.1. The highest BCUT2D eigenvalue weighted by atomic mass is 32.2. The molecule has 0 unspecified atom stereocenters. The topological polar surface area (TPSA) is 64.6 Å². The molecule has 2 atom stereocenters. The van der Waals surface area contributed by atoms with E-state index in [9.17, 15) is 4.79 Å². The number of amides is 1. The number of thioether (sulfide) groups is 1. The molecule has 4 rings (SSSR count). The van der Waals surface area contributed by atoms with E-state index in [2.05, 4.69) is 24.0 Å². The molecule has 2 aliphatic heterocycles. The number of hydrogen-bond donors (Lipinski definition) is 0. The van der Waals surface area contributed by atoms with Crippen molar-refractivity contribution in [1.82, 2.24) is 15.1 Å². The van der Waals surface area contributed by atoms with Gasteiger partial charge in [0.1, 0.15) is 18.2 Å². The number of rotatable bonds is 4. The van der Waals surface area contributed by atoms with Crippen LogP contribution in [0.25, 0.3) is 11.3 Å². The molecule has 1 fully saturated rings. The van der Waals surface area contributed by atoms with Crippen LogP contribution in [-0.4, -0.2) is 52.1 Å². The van der Waals surface area contributed by atoms with Crippen LogP contribution in [0.1, 0.15) is 33.1 Å². The Morgan fingerprint density at radius 2 is 1.82 bits per heavy atom. The van der Waals surface area contributed by atoms with Gasteiger partial charge in [0.15, 0.2) is 11.5 Å². The average molecular weight is 400 g/mol. The third-order valence-corrected chi connectivity index (χ3v) is 6.21. The van der Waals surface area contributed by atoms with Crippen molar-refractivity contribution < 1.29 is 14.3 Å². The number of carbonyl (C=O) groups is 1. The zero-order chi connectivity index (χ0) is 19.5. The van der Waals surface area contributed by atoms with Gasteiger partial charge in [0.25, 0.3) is 0 Å². The lowest BCUT2D eigenvalue weighted by molar-refractivity contribution is -0.134. The maximum absolute atomic E-state index is 12.6. The number of piperidine rings is 1. The van der Waals surface area contributed by atoms with E-state index < -0.39 is 0 Å². The van der Waals surface area contributed by atoms with Gasteiger partial charge in [-0.15, -0.1) is 10.2 Å². The lowest BCUT2D eigenvalue weighted by Crippen LogP contribution is -2.48. The predicted octanol–water partition coefficient (Wildman–Crippen LogP) is 3.80. The van der Waals surface area contributed by atoms with Crippen LogP contribution >= 0.6 is 11.8 Å². The zero-order valence-corrected chi connectivity index (χ0v) is 17.1. The highest BCUT2D eigenvalue weighted by Crippen LogP contribution is 2.34. The van der Waals surface area contributed by atoms with E-state index in [1.807, 2.05) is 35.2 Å². The van der Waals surface area contributed by atoms with Crippen molar-refractivity contribution in [3.63, 3.8) is 0 Å². The van der Waals surface area contributed by atoms with Crippen LogP contribution in [0.4, 0.5) is 0 Å². The zero-order valence-electron chi connectivity index (χ0n) is 16.3. The summed E-state index contributed by atoms with van der Waals surface area (Å²) in [5, 5.41) is 9.37. The molecule has 1 aromatic heterocycles. The third-order valence-electron chi connectivity index (χ3n) is 5.30. The number of ether oxygens (including phenoxy) is 2. The minimum Gasteiger partial charge on any atom is -0.486 e. The number of hydrogen-bond acceptors (Lipinski definition) is 6. The van der Waals surface area contributed by atoms with E-state index in [1.54, 1.807) is 0 Å². The molecule has 1 saturated heterocycles. The van der Waals surface area contributed by atoms with Crippen molar-refractivity contribution in [2.75, 3.05) is 19.0 Å². The molecule has 2 aliphatic rings. The lowest BCUT2D eigenvalue weighted by Gasteiger charge is -2.39. The first-order valence-corrected chi connectivity index (χ1v) is 10.8. The molecule has 0 saturated carbocycles. The normalized spacial score (nSPS) is 21.4. The van der Waals surface area contributed by atoms with Crippen molar-refractivity contribution >= 4 is 17.7 Å². The molecule has 3 heterocycles. The van der Waals surface area contributed by atoms with Crippen molar-refractivity contribution in [3.8, 4) is 22.8 Å². The van der Waals surface area contributed by atoms with Crippen molar-refractivity contribution in [3.05, 3.63) is 30.3 Å². The summed E-state index contributed by atoms with van der Waals surface area (Å²) in [5.41, 5.74) is 1.70. The van der Waals surface area contributed by atoms with Crippen LogP contribution < -0.4 is 9.47 Å². The molecule has 6 nitrogen and oxygen atoms in total. The van der Waals surface area contributed by atoms with Crippen LogP contribution in [0.5, 0.6) is 11.5 Å². The number of nitrogens with zero attached hydrogens (tertiary/aromatic N) is 3. The molecule has 0 radical (unpaired) electrons. The second kappa shape index (κ2) is 8.39. The van der Waals surface area contributed by atoms with Crippen LogP contribution in [0.15, 0.2) is 35.4 Å². The Balaban J connectivity index is 1.39. The number of aromatic nitrogens is 2. The van der Waals surface area contributed by atoms with Gasteiger partial charge in [-0.1, -0.05) is 11.8 Å². The highest BCUT2D eigenvalue weighted by molar-refractivity contribution is 7.99. The summed E-state index contributed by atoms with van der Waals surface area (Å²) in [5.74, 6) is 2.07. The summed E-state index contributed by atoms with van der Waals surface area (Å²) in [6.45, 7) is 5.41. The fraction of sp³-hybridized carbons (Fsp3) is 0.476.